The molecule has 0 bridgehead atoms. The van der Waals surface area contributed by atoms with Crippen molar-refractivity contribution in [3.8, 4) is 0 Å². The highest BCUT2D eigenvalue weighted by molar-refractivity contribution is 7.89. The quantitative estimate of drug-likeness (QED) is 0.780. The molecule has 0 aromatic heterocycles. The van der Waals surface area contributed by atoms with E-state index in [1.807, 2.05) is 0 Å². The number of nitrogens with one attached hydrogen (secondary N) is 1. The van der Waals surface area contributed by atoms with E-state index in [0.717, 1.165) is 0 Å². The summed E-state index contributed by atoms with van der Waals surface area (Å²) >= 11 is 0. The number of hydrogen-bond donors (Lipinski definition) is 2. The molecule has 1 rings (SSSR count). The molecular formula is C12H20N2O3S. The van der Waals surface area contributed by atoms with Gasteiger partial charge in [-0.1, -0.05) is 19.1 Å². The van der Waals surface area contributed by atoms with Crippen LogP contribution in [0.1, 0.15) is 13.3 Å². The predicted octanol–water partition coefficient (Wildman–Crippen LogP) is 1.12. The molecule has 18 heavy (non-hydrogen) atoms. The third-order valence-electron chi connectivity index (χ3n) is 2.69. The van der Waals surface area contributed by atoms with E-state index in [9.17, 15) is 8.42 Å². The molecule has 0 fully saturated rings. The summed E-state index contributed by atoms with van der Waals surface area (Å²) in [6.07, 6.45) is 0.439. The van der Waals surface area contributed by atoms with Gasteiger partial charge in [-0.2, -0.15) is 4.31 Å². The Morgan fingerprint density at radius 2 is 2.00 bits per heavy atom. The van der Waals surface area contributed by atoms with Crippen molar-refractivity contribution in [2.24, 2.45) is 0 Å². The molecule has 0 aliphatic rings. The van der Waals surface area contributed by atoms with Gasteiger partial charge in [0.1, 0.15) is 4.90 Å². The Hall–Kier alpha value is -1.11. The van der Waals surface area contributed by atoms with E-state index in [1.165, 1.54) is 4.31 Å². The first-order chi connectivity index (χ1) is 8.57. The van der Waals surface area contributed by atoms with E-state index < -0.39 is 10.0 Å². The van der Waals surface area contributed by atoms with Gasteiger partial charge < -0.3 is 10.4 Å². The fourth-order valence-corrected chi connectivity index (χ4v) is 3.42. The van der Waals surface area contributed by atoms with E-state index in [2.05, 4.69) is 5.32 Å². The summed E-state index contributed by atoms with van der Waals surface area (Å²) in [6, 6.07) is 6.80. The number of hydrogen-bond acceptors (Lipinski definition) is 4. The monoisotopic (exact) mass is 272 g/mol. The number of rotatable bonds is 7. The van der Waals surface area contributed by atoms with Gasteiger partial charge in [-0.15, -0.1) is 0 Å². The van der Waals surface area contributed by atoms with Crippen molar-refractivity contribution >= 4 is 15.7 Å². The number of benzene rings is 1. The maximum absolute atomic E-state index is 12.5. The zero-order valence-electron chi connectivity index (χ0n) is 10.8. The second kappa shape index (κ2) is 6.72. The van der Waals surface area contributed by atoms with Crippen LogP contribution in [0, 0.1) is 0 Å². The minimum absolute atomic E-state index is 0.0142. The summed E-state index contributed by atoms with van der Waals surface area (Å²) in [5, 5.41) is 11.7. The summed E-state index contributed by atoms with van der Waals surface area (Å²) in [4.78, 5) is 0.271. The van der Waals surface area contributed by atoms with E-state index in [-0.39, 0.29) is 11.5 Å². The normalized spacial score (nSPS) is 11.8. The van der Waals surface area contributed by atoms with Crippen LogP contribution in [0.3, 0.4) is 0 Å². The molecule has 0 heterocycles. The Morgan fingerprint density at radius 1 is 1.33 bits per heavy atom. The molecule has 0 saturated heterocycles. The molecule has 6 heteroatoms. The molecule has 0 radical (unpaired) electrons. The Balaban J connectivity index is 3.10. The van der Waals surface area contributed by atoms with E-state index in [4.69, 9.17) is 5.11 Å². The van der Waals surface area contributed by atoms with Crippen molar-refractivity contribution in [3.63, 3.8) is 0 Å². The zero-order chi connectivity index (χ0) is 13.6. The van der Waals surface area contributed by atoms with Crippen molar-refractivity contribution < 1.29 is 13.5 Å². The van der Waals surface area contributed by atoms with E-state index in [0.29, 0.717) is 25.2 Å². The first kappa shape index (κ1) is 14.9. The Bertz CT molecular complexity index is 474. The summed E-state index contributed by atoms with van der Waals surface area (Å²) < 4.78 is 26.3. The SMILES string of the molecule is CCN(CCCO)S(=O)(=O)c1ccccc1NC. The highest BCUT2D eigenvalue weighted by atomic mass is 32.2. The largest absolute Gasteiger partial charge is 0.396 e. The fraction of sp³-hybridized carbons (Fsp3) is 0.500. The fourth-order valence-electron chi connectivity index (χ4n) is 1.73. The van der Waals surface area contributed by atoms with Gasteiger partial charge >= 0.3 is 0 Å². The topological polar surface area (TPSA) is 69.6 Å². The molecule has 0 saturated carbocycles. The highest BCUT2D eigenvalue weighted by Gasteiger charge is 2.24. The number of aliphatic hydroxyl groups excluding tert-OH is 1. The van der Waals surface area contributed by atoms with Gasteiger partial charge in [-0.25, -0.2) is 8.42 Å². The third kappa shape index (κ3) is 3.22. The number of anilines is 1. The number of para-hydroxylation sites is 1. The van der Waals surface area contributed by atoms with Crippen molar-refractivity contribution in [1.29, 1.82) is 0 Å². The first-order valence-corrected chi connectivity index (χ1v) is 7.39. The van der Waals surface area contributed by atoms with Crippen molar-refractivity contribution in [2.45, 2.75) is 18.2 Å². The molecule has 0 aliphatic carbocycles. The molecule has 102 valence electrons. The summed E-state index contributed by atoms with van der Waals surface area (Å²) in [5.74, 6) is 0. The molecular weight excluding hydrogens is 252 g/mol. The van der Waals surface area contributed by atoms with Crippen LogP contribution in [0.4, 0.5) is 5.69 Å². The van der Waals surface area contributed by atoms with Crippen LogP contribution < -0.4 is 5.32 Å². The lowest BCUT2D eigenvalue weighted by molar-refractivity contribution is 0.271. The van der Waals surface area contributed by atoms with Crippen LogP contribution in [0.15, 0.2) is 29.2 Å². The molecule has 0 atom stereocenters. The Morgan fingerprint density at radius 3 is 2.56 bits per heavy atom. The number of sulfonamides is 1. The van der Waals surface area contributed by atoms with Gasteiger partial charge in [0.15, 0.2) is 0 Å². The van der Waals surface area contributed by atoms with Gasteiger partial charge in [0, 0.05) is 26.7 Å². The third-order valence-corrected chi connectivity index (χ3v) is 4.72. The van der Waals surface area contributed by atoms with Crippen molar-refractivity contribution in [3.05, 3.63) is 24.3 Å². The maximum atomic E-state index is 12.5. The maximum Gasteiger partial charge on any atom is 0.245 e. The van der Waals surface area contributed by atoms with E-state index >= 15 is 0 Å². The van der Waals surface area contributed by atoms with Crippen molar-refractivity contribution in [1.82, 2.24) is 4.31 Å². The van der Waals surface area contributed by atoms with Gasteiger partial charge in [0.25, 0.3) is 0 Å². The van der Waals surface area contributed by atoms with Crippen LogP contribution >= 0.6 is 0 Å². The lowest BCUT2D eigenvalue weighted by atomic mass is 10.3. The predicted molar refractivity (Wildman–Crippen MR) is 72.1 cm³/mol. The first-order valence-electron chi connectivity index (χ1n) is 5.95. The van der Waals surface area contributed by atoms with Crippen LogP contribution in [0.5, 0.6) is 0 Å². The Kier molecular flexibility index (Phi) is 5.58. The summed E-state index contributed by atoms with van der Waals surface area (Å²) in [7, 11) is -1.81. The van der Waals surface area contributed by atoms with E-state index in [1.54, 1.807) is 38.2 Å². The van der Waals surface area contributed by atoms with Gasteiger partial charge in [-0.3, -0.25) is 0 Å². The molecule has 5 nitrogen and oxygen atoms in total. The lowest BCUT2D eigenvalue weighted by Crippen LogP contribution is -2.32. The molecule has 0 amide bonds. The standard InChI is InChI=1S/C12H20N2O3S/c1-3-14(9-6-10-15)18(16,17)12-8-5-4-7-11(12)13-2/h4-5,7-8,13,15H,3,6,9-10H2,1-2H3. The smallest absolute Gasteiger partial charge is 0.245 e. The molecule has 2 N–H and O–H groups in total. The zero-order valence-corrected chi connectivity index (χ0v) is 11.6. The van der Waals surface area contributed by atoms with Crippen LogP contribution in [0.25, 0.3) is 0 Å². The summed E-state index contributed by atoms with van der Waals surface area (Å²) in [6.45, 7) is 2.49. The van der Waals surface area contributed by atoms with Crippen LogP contribution in [-0.4, -0.2) is 44.6 Å². The van der Waals surface area contributed by atoms with Gasteiger partial charge in [0.05, 0.1) is 5.69 Å². The molecule has 0 unspecified atom stereocenters. The minimum Gasteiger partial charge on any atom is -0.396 e. The second-order valence-corrected chi connectivity index (χ2v) is 5.73. The number of aliphatic hydroxyl groups is 1. The van der Waals surface area contributed by atoms with Crippen LogP contribution in [0.2, 0.25) is 0 Å². The minimum atomic E-state index is -3.51. The van der Waals surface area contributed by atoms with Crippen LogP contribution in [-0.2, 0) is 10.0 Å². The Labute approximate surface area is 108 Å². The summed E-state index contributed by atoms with van der Waals surface area (Å²) in [5.41, 5.74) is 0.583. The molecule has 1 aromatic rings. The van der Waals surface area contributed by atoms with Crippen molar-refractivity contribution in [2.75, 3.05) is 32.1 Å². The molecule has 0 aliphatic heterocycles. The lowest BCUT2D eigenvalue weighted by Gasteiger charge is -2.21. The average Bonchev–Trinajstić information content (AvgIpc) is 2.39. The van der Waals surface area contributed by atoms with Gasteiger partial charge in [-0.05, 0) is 18.6 Å². The highest BCUT2D eigenvalue weighted by Crippen LogP contribution is 2.23. The number of nitrogens with zero attached hydrogens (tertiary/aromatic N) is 1. The second-order valence-electron chi connectivity index (χ2n) is 3.82. The molecule has 1 aromatic carbocycles. The van der Waals surface area contributed by atoms with Gasteiger partial charge in [0.2, 0.25) is 10.0 Å². The molecule has 0 spiro atoms. The average molecular weight is 272 g/mol.